The van der Waals surface area contributed by atoms with Gasteiger partial charge in [-0.05, 0) is 20.8 Å². The van der Waals surface area contributed by atoms with Crippen molar-refractivity contribution in [2.45, 2.75) is 45.8 Å². The highest BCUT2D eigenvalue weighted by Crippen LogP contribution is 2.16. The van der Waals surface area contributed by atoms with Crippen LogP contribution in [0.25, 0.3) is 0 Å². The Hall–Kier alpha value is -2.45. The number of nitrogens with zero attached hydrogens (tertiary/aromatic N) is 1. The number of rotatable bonds is 10. The number of hydrogen-bond donors (Lipinski definition) is 4. The Morgan fingerprint density at radius 1 is 0.852 bits per heavy atom. The van der Waals surface area contributed by atoms with Gasteiger partial charge in [-0.2, -0.15) is 0 Å². The number of benzene rings is 1. The van der Waals surface area contributed by atoms with Crippen LogP contribution < -0.4 is 0 Å². The highest BCUT2D eigenvalue weighted by Gasteiger charge is 2.40. The summed E-state index contributed by atoms with van der Waals surface area (Å²) >= 11 is 0. The maximum Gasteiger partial charge on any atom is 0.336 e. The molecule has 0 unspecified atom stereocenters. The molecular formula is C19H30NO7+. The van der Waals surface area contributed by atoms with Crippen LogP contribution in [0.5, 0.6) is 0 Å². The smallest absolute Gasteiger partial charge is 0.336 e. The first-order chi connectivity index (χ1) is 12.5. The minimum atomic E-state index is -2.74. The molecule has 0 bridgehead atoms. The zero-order valence-corrected chi connectivity index (χ0v) is 16.1. The first kappa shape index (κ1) is 24.6. The summed E-state index contributed by atoms with van der Waals surface area (Å²) in [6.07, 6.45) is -2.29. The third-order valence-electron chi connectivity index (χ3n) is 4.66. The molecule has 0 aliphatic carbocycles. The van der Waals surface area contributed by atoms with E-state index in [0.717, 1.165) is 0 Å². The molecule has 0 atom stereocenters. The maximum absolute atomic E-state index is 10.3. The average molecular weight is 384 g/mol. The molecular weight excluding hydrogens is 354 g/mol. The monoisotopic (exact) mass is 384 g/mol. The third-order valence-corrected chi connectivity index (χ3v) is 4.66. The Morgan fingerprint density at radius 2 is 1.26 bits per heavy atom. The molecule has 0 saturated carbocycles. The zero-order chi connectivity index (χ0) is 21.1. The molecule has 4 N–H and O–H groups in total. The fourth-order valence-electron chi connectivity index (χ4n) is 2.69. The van der Waals surface area contributed by atoms with E-state index in [-0.39, 0.29) is 0 Å². The van der Waals surface area contributed by atoms with Gasteiger partial charge >= 0.3 is 17.9 Å². The molecule has 27 heavy (non-hydrogen) atoms. The van der Waals surface area contributed by atoms with Crippen molar-refractivity contribution in [1.82, 2.24) is 0 Å². The number of aliphatic carboxylic acids is 3. The summed E-state index contributed by atoms with van der Waals surface area (Å²) in [5.41, 5.74) is -1.28. The van der Waals surface area contributed by atoms with Crippen LogP contribution in [0, 0.1) is 0 Å². The second-order valence-corrected chi connectivity index (χ2v) is 6.41. The van der Waals surface area contributed by atoms with Crippen LogP contribution in [-0.2, 0) is 20.9 Å². The lowest BCUT2D eigenvalue weighted by atomic mass is 9.96. The van der Waals surface area contributed by atoms with E-state index in [0.29, 0.717) is 0 Å². The second-order valence-electron chi connectivity index (χ2n) is 6.41. The molecule has 0 aromatic heterocycles. The largest absolute Gasteiger partial charge is 0.481 e. The molecule has 8 nitrogen and oxygen atoms in total. The van der Waals surface area contributed by atoms with Crippen molar-refractivity contribution in [3.63, 3.8) is 0 Å². The number of carboxylic acid groups (broad SMARTS) is 3. The third kappa shape index (κ3) is 8.65. The van der Waals surface area contributed by atoms with Crippen LogP contribution in [-0.4, -0.2) is 68.1 Å². The van der Waals surface area contributed by atoms with E-state index in [1.54, 1.807) is 0 Å². The second kappa shape index (κ2) is 11.3. The van der Waals surface area contributed by atoms with Crippen molar-refractivity contribution in [2.75, 3.05) is 19.6 Å². The van der Waals surface area contributed by atoms with Gasteiger partial charge in [-0.15, -0.1) is 0 Å². The summed E-state index contributed by atoms with van der Waals surface area (Å²) in [7, 11) is 0. The number of hydrogen-bond acceptors (Lipinski definition) is 4. The van der Waals surface area contributed by atoms with E-state index in [1.165, 1.54) is 36.2 Å². The van der Waals surface area contributed by atoms with E-state index in [4.69, 9.17) is 20.4 Å². The van der Waals surface area contributed by atoms with Crippen molar-refractivity contribution in [3.05, 3.63) is 35.9 Å². The van der Waals surface area contributed by atoms with Crippen LogP contribution in [0.4, 0.5) is 0 Å². The minimum Gasteiger partial charge on any atom is -0.481 e. The molecule has 1 aromatic carbocycles. The Balaban J connectivity index is 0.000000503. The van der Waals surface area contributed by atoms with Gasteiger partial charge in [-0.3, -0.25) is 9.59 Å². The lowest BCUT2D eigenvalue weighted by molar-refractivity contribution is -0.936. The van der Waals surface area contributed by atoms with Gasteiger partial charge in [0.1, 0.15) is 6.54 Å². The highest BCUT2D eigenvalue weighted by molar-refractivity contribution is 5.88. The van der Waals surface area contributed by atoms with Crippen LogP contribution in [0.15, 0.2) is 30.3 Å². The first-order valence-electron chi connectivity index (χ1n) is 8.82. The van der Waals surface area contributed by atoms with Gasteiger partial charge in [0, 0.05) is 5.56 Å². The van der Waals surface area contributed by atoms with Crippen molar-refractivity contribution >= 4 is 17.9 Å². The van der Waals surface area contributed by atoms with Gasteiger partial charge in [0.15, 0.2) is 5.60 Å². The van der Waals surface area contributed by atoms with Crippen molar-refractivity contribution in [2.24, 2.45) is 0 Å². The molecule has 0 spiro atoms. The molecule has 0 heterocycles. The predicted molar refractivity (Wildman–Crippen MR) is 99.1 cm³/mol. The summed E-state index contributed by atoms with van der Waals surface area (Å²) in [5.74, 6) is -5.02. The molecule has 0 aliphatic heterocycles. The van der Waals surface area contributed by atoms with Gasteiger partial charge in [0.25, 0.3) is 0 Å². The van der Waals surface area contributed by atoms with Gasteiger partial charge < -0.3 is 24.9 Å². The fourth-order valence-corrected chi connectivity index (χ4v) is 2.69. The number of quaternary nitrogens is 1. The normalized spacial score (nSPS) is 11.3. The maximum atomic E-state index is 10.3. The highest BCUT2D eigenvalue weighted by atomic mass is 16.4. The molecule has 0 aliphatic rings. The summed E-state index contributed by atoms with van der Waals surface area (Å²) < 4.78 is 1.20. The van der Waals surface area contributed by atoms with E-state index < -0.39 is 36.4 Å². The zero-order valence-electron chi connectivity index (χ0n) is 16.1. The minimum absolute atomic E-state index is 1.14. The average Bonchev–Trinajstić information content (AvgIpc) is 2.60. The lowest BCUT2D eigenvalue weighted by Crippen LogP contribution is -2.46. The Morgan fingerprint density at radius 3 is 1.56 bits per heavy atom. The van der Waals surface area contributed by atoms with Crippen molar-refractivity contribution < 1.29 is 39.3 Å². The van der Waals surface area contributed by atoms with E-state index in [1.807, 2.05) is 0 Å². The van der Waals surface area contributed by atoms with Gasteiger partial charge in [0.2, 0.25) is 0 Å². The lowest BCUT2D eigenvalue weighted by Gasteiger charge is -2.35. The molecule has 1 rings (SSSR count). The van der Waals surface area contributed by atoms with E-state index in [9.17, 15) is 14.4 Å². The van der Waals surface area contributed by atoms with E-state index >= 15 is 0 Å². The molecule has 0 saturated heterocycles. The predicted octanol–water partition coefficient (Wildman–Crippen LogP) is 1.81. The van der Waals surface area contributed by atoms with Crippen molar-refractivity contribution in [1.29, 1.82) is 0 Å². The molecule has 0 radical (unpaired) electrons. The Labute approximate surface area is 159 Å². The first-order valence-corrected chi connectivity index (χ1v) is 8.82. The molecule has 0 amide bonds. The Kier molecular flexibility index (Phi) is 10.3. The standard InChI is InChI=1S/C13H22N.C6H8O7/c1-4-14(5-2,6-3)12-13-10-8-7-9-11-13;7-3(8)1-6(13,5(11)12)2-4(9)10/h7-11H,4-6,12H2,1-3H3;13H,1-2H2,(H,7,8)(H,9,10)(H,11,12)/q+1;. The fraction of sp³-hybridized carbons (Fsp3) is 0.526. The SMILES string of the molecule is CC[N+](CC)(CC)Cc1ccccc1.O=C(O)CC(O)(CC(=O)O)C(=O)O. The summed E-state index contributed by atoms with van der Waals surface area (Å²) in [5, 5.41) is 33.8. The summed E-state index contributed by atoms with van der Waals surface area (Å²) in [6.45, 7) is 11.7. The van der Waals surface area contributed by atoms with Gasteiger partial charge in [-0.25, -0.2) is 4.79 Å². The van der Waals surface area contributed by atoms with Crippen molar-refractivity contribution in [3.8, 4) is 0 Å². The quantitative estimate of drug-likeness (QED) is 0.452. The Bertz CT molecular complexity index is 587. The molecule has 152 valence electrons. The van der Waals surface area contributed by atoms with Gasteiger partial charge in [-0.1, -0.05) is 30.3 Å². The number of carbonyl (C=O) groups is 3. The summed E-state index contributed by atoms with van der Waals surface area (Å²) in [4.78, 5) is 30.5. The number of aliphatic hydroxyl groups is 1. The molecule has 1 aromatic rings. The van der Waals surface area contributed by atoms with Crippen LogP contribution in [0.2, 0.25) is 0 Å². The van der Waals surface area contributed by atoms with E-state index in [2.05, 4.69) is 51.1 Å². The van der Waals surface area contributed by atoms with Crippen LogP contribution >= 0.6 is 0 Å². The van der Waals surface area contributed by atoms with Gasteiger partial charge in [0.05, 0.1) is 32.5 Å². The molecule has 8 heteroatoms. The summed E-state index contributed by atoms with van der Waals surface area (Å²) in [6, 6.07) is 10.8. The topological polar surface area (TPSA) is 132 Å². The molecule has 0 fully saturated rings. The number of carboxylic acids is 3. The van der Waals surface area contributed by atoms with Crippen LogP contribution in [0.3, 0.4) is 0 Å². The van der Waals surface area contributed by atoms with Crippen LogP contribution in [0.1, 0.15) is 39.2 Å².